The summed E-state index contributed by atoms with van der Waals surface area (Å²) in [6, 6.07) is 9.65. The molecule has 0 aliphatic heterocycles. The fourth-order valence-corrected chi connectivity index (χ4v) is 0.841. The molecule has 2 N–H and O–H groups in total. The van der Waals surface area contributed by atoms with E-state index in [1.54, 1.807) is 0 Å². The number of rotatable bonds is 2. The monoisotopic (exact) mass is 237 g/mol. The highest BCUT2D eigenvalue weighted by atomic mass is 19.5. The molecule has 0 fully saturated rings. The van der Waals surface area contributed by atoms with Crippen LogP contribution in [0.25, 0.3) is 0 Å². The van der Waals surface area contributed by atoms with Crippen LogP contribution in [-0.4, -0.2) is 19.8 Å². The van der Waals surface area contributed by atoms with Crippen LogP contribution in [0, 0.1) is 0 Å². The van der Waals surface area contributed by atoms with Crippen molar-refractivity contribution in [3.63, 3.8) is 0 Å². The van der Waals surface area contributed by atoms with Crippen molar-refractivity contribution in [1.29, 1.82) is 0 Å². The Balaban J connectivity index is 0.000000385. The lowest BCUT2D eigenvalue weighted by atomic mass is 10.2. The number of benzene rings is 1. The average Bonchev–Trinajstić information content (AvgIpc) is 2.17. The lowest BCUT2D eigenvalue weighted by Crippen LogP contribution is -2.42. The first-order valence-electron chi connectivity index (χ1n) is 4.52. The second-order valence-corrected chi connectivity index (χ2v) is 2.66. The van der Waals surface area contributed by atoms with Crippen LogP contribution in [0.3, 0.4) is 0 Å². The Bertz CT molecular complexity index is 309. The van der Waals surface area contributed by atoms with Gasteiger partial charge in [-0.25, -0.2) is 5.41 Å². The van der Waals surface area contributed by atoms with E-state index in [1.807, 2.05) is 37.3 Å². The van der Waals surface area contributed by atoms with E-state index >= 15 is 0 Å². The molecule has 0 spiro atoms. The predicted molar refractivity (Wildman–Crippen MR) is 54.3 cm³/mol. The molecular formula is C9H12BF4NO. The molecule has 1 rings (SSSR count). The van der Waals surface area contributed by atoms with Crippen LogP contribution in [-0.2, 0) is 4.74 Å². The maximum absolute atomic E-state index is 9.75. The molecule has 0 atom stereocenters. The minimum absolute atomic E-state index is 0.494. The van der Waals surface area contributed by atoms with Crippen molar-refractivity contribution < 1.29 is 27.4 Å². The van der Waals surface area contributed by atoms with E-state index in [0.717, 1.165) is 5.56 Å². The minimum Gasteiger partial charge on any atom is -0.445 e. The summed E-state index contributed by atoms with van der Waals surface area (Å²) in [5.74, 6) is 0.494. The Morgan fingerprint density at radius 2 is 1.62 bits per heavy atom. The second kappa shape index (κ2) is 6.87. The lowest BCUT2D eigenvalue weighted by molar-refractivity contribution is -0.138. The van der Waals surface area contributed by atoms with Gasteiger partial charge in [-0.05, 0) is 19.1 Å². The number of ether oxygens (including phenoxy) is 1. The molecule has 0 bridgehead atoms. The summed E-state index contributed by atoms with van der Waals surface area (Å²) in [5.41, 5.74) is 0.939. The highest BCUT2D eigenvalue weighted by Crippen LogP contribution is 2.06. The SMILES string of the molecule is CCOC(=[NH2+])c1ccccc1.F[B-](F)(F)F. The molecular weight excluding hydrogens is 225 g/mol. The van der Waals surface area contributed by atoms with Crippen molar-refractivity contribution in [3.8, 4) is 0 Å². The van der Waals surface area contributed by atoms with E-state index in [9.17, 15) is 17.3 Å². The number of hydrogen-bond donors (Lipinski definition) is 1. The van der Waals surface area contributed by atoms with E-state index in [1.165, 1.54) is 0 Å². The summed E-state index contributed by atoms with van der Waals surface area (Å²) in [7, 11) is -6.00. The zero-order valence-electron chi connectivity index (χ0n) is 8.67. The normalized spacial score (nSPS) is 10.1. The molecule has 0 aliphatic rings. The molecule has 1 aromatic carbocycles. The number of halogens is 4. The standard InChI is InChI=1S/C9H11NO.BF4/c1-2-11-9(10)8-6-4-3-5-7-8;2-1(3,4)5/h3-7,10H,2H2,1H3;/q;-1/p+1. The van der Waals surface area contributed by atoms with Gasteiger partial charge in [0.1, 0.15) is 0 Å². The van der Waals surface area contributed by atoms with Crippen LogP contribution < -0.4 is 5.41 Å². The first-order valence-corrected chi connectivity index (χ1v) is 4.52. The van der Waals surface area contributed by atoms with Crippen molar-refractivity contribution in [2.24, 2.45) is 0 Å². The van der Waals surface area contributed by atoms with Crippen LogP contribution in [0.2, 0.25) is 0 Å². The molecule has 0 unspecified atom stereocenters. The zero-order chi connectivity index (χ0) is 12.6. The number of nitrogens with two attached hydrogens (primary N) is 1. The molecule has 0 aromatic heterocycles. The van der Waals surface area contributed by atoms with Crippen molar-refractivity contribution >= 4 is 13.2 Å². The van der Waals surface area contributed by atoms with Gasteiger partial charge in [0.2, 0.25) is 0 Å². The topological polar surface area (TPSA) is 34.8 Å². The Kier molecular flexibility index (Phi) is 6.21. The largest absolute Gasteiger partial charge is 0.673 e. The predicted octanol–water partition coefficient (Wildman–Crippen LogP) is 1.53. The second-order valence-electron chi connectivity index (χ2n) is 2.66. The third-order valence-electron chi connectivity index (χ3n) is 1.36. The summed E-state index contributed by atoms with van der Waals surface area (Å²) in [6.45, 7) is 2.52. The van der Waals surface area contributed by atoms with Gasteiger partial charge in [-0.15, -0.1) is 0 Å². The van der Waals surface area contributed by atoms with Crippen LogP contribution in [0.5, 0.6) is 0 Å². The van der Waals surface area contributed by atoms with Gasteiger partial charge in [-0.3, -0.25) is 0 Å². The molecule has 1 aromatic rings. The van der Waals surface area contributed by atoms with Crippen LogP contribution in [0.15, 0.2) is 30.3 Å². The summed E-state index contributed by atoms with van der Waals surface area (Å²) >= 11 is 0. The third kappa shape index (κ3) is 9.05. The van der Waals surface area contributed by atoms with Gasteiger partial charge in [-0.1, -0.05) is 18.2 Å². The Labute approximate surface area is 90.8 Å². The summed E-state index contributed by atoms with van der Waals surface area (Å²) < 4.78 is 44.1. The van der Waals surface area contributed by atoms with E-state index in [4.69, 9.17) is 10.1 Å². The Hall–Kier alpha value is -1.53. The van der Waals surface area contributed by atoms with E-state index in [2.05, 4.69) is 0 Å². The van der Waals surface area contributed by atoms with E-state index in [0.29, 0.717) is 12.5 Å². The first kappa shape index (κ1) is 14.5. The lowest BCUT2D eigenvalue weighted by Gasteiger charge is -1.97. The van der Waals surface area contributed by atoms with Crippen molar-refractivity contribution in [2.45, 2.75) is 6.92 Å². The first-order chi connectivity index (χ1) is 7.34. The average molecular weight is 237 g/mol. The van der Waals surface area contributed by atoms with E-state index in [-0.39, 0.29) is 0 Å². The highest BCUT2D eigenvalue weighted by molar-refractivity contribution is 6.50. The van der Waals surface area contributed by atoms with Crippen molar-refractivity contribution in [3.05, 3.63) is 35.9 Å². The maximum Gasteiger partial charge on any atom is 0.673 e. The van der Waals surface area contributed by atoms with Gasteiger partial charge in [0.25, 0.3) is 0 Å². The molecule has 0 saturated heterocycles. The van der Waals surface area contributed by atoms with Crippen LogP contribution in [0.4, 0.5) is 17.3 Å². The minimum atomic E-state index is -6.00. The van der Waals surface area contributed by atoms with Crippen LogP contribution in [0.1, 0.15) is 12.5 Å². The van der Waals surface area contributed by atoms with Gasteiger partial charge in [-0.2, -0.15) is 0 Å². The smallest absolute Gasteiger partial charge is 0.445 e. The fourth-order valence-electron chi connectivity index (χ4n) is 0.841. The molecule has 0 saturated carbocycles. The van der Waals surface area contributed by atoms with Crippen molar-refractivity contribution in [2.75, 3.05) is 6.61 Å². The molecule has 0 amide bonds. The molecule has 7 heteroatoms. The van der Waals surface area contributed by atoms with E-state index < -0.39 is 7.25 Å². The molecule has 2 nitrogen and oxygen atoms in total. The Morgan fingerprint density at radius 1 is 1.19 bits per heavy atom. The highest BCUT2D eigenvalue weighted by Gasteiger charge is 2.20. The molecule has 16 heavy (non-hydrogen) atoms. The quantitative estimate of drug-likeness (QED) is 0.360. The fraction of sp³-hybridized carbons (Fsp3) is 0.222. The molecule has 90 valence electrons. The van der Waals surface area contributed by atoms with Gasteiger partial charge in [0.05, 0.1) is 12.2 Å². The van der Waals surface area contributed by atoms with Gasteiger partial charge in [0.15, 0.2) is 0 Å². The third-order valence-corrected chi connectivity index (χ3v) is 1.36. The molecule has 0 aliphatic carbocycles. The molecule has 0 heterocycles. The molecule has 0 radical (unpaired) electrons. The van der Waals surface area contributed by atoms with Gasteiger partial charge < -0.3 is 22.0 Å². The van der Waals surface area contributed by atoms with Gasteiger partial charge >= 0.3 is 13.2 Å². The number of hydrogen-bond acceptors (Lipinski definition) is 1. The summed E-state index contributed by atoms with van der Waals surface area (Å²) in [6.07, 6.45) is 0. The van der Waals surface area contributed by atoms with Crippen LogP contribution >= 0.6 is 0 Å². The van der Waals surface area contributed by atoms with Gasteiger partial charge in [0, 0.05) is 0 Å². The van der Waals surface area contributed by atoms with Crippen molar-refractivity contribution in [1.82, 2.24) is 0 Å². The summed E-state index contributed by atoms with van der Waals surface area (Å²) in [5, 5.41) is 5.60. The maximum atomic E-state index is 9.75. The zero-order valence-corrected chi connectivity index (χ0v) is 8.67. The summed E-state index contributed by atoms with van der Waals surface area (Å²) in [4.78, 5) is 0. The Morgan fingerprint density at radius 3 is 2.00 bits per heavy atom.